The first-order valence-electron chi connectivity index (χ1n) is 8.96. The van der Waals surface area contributed by atoms with Crippen LogP contribution in [0, 0.1) is 0 Å². The number of nitrogens with zero attached hydrogens (tertiary/aromatic N) is 2. The van der Waals surface area contributed by atoms with Crippen molar-refractivity contribution < 1.29 is 14.3 Å². The van der Waals surface area contributed by atoms with Crippen LogP contribution in [0.4, 0.5) is 5.82 Å². The normalized spacial score (nSPS) is 10.3. The molecule has 0 atom stereocenters. The highest BCUT2D eigenvalue weighted by atomic mass is 16.5. The number of rotatable bonds is 9. The largest absolute Gasteiger partial charge is 0.493 e. The maximum absolute atomic E-state index is 12.3. The molecule has 1 aromatic heterocycles. The third-order valence-corrected chi connectivity index (χ3v) is 4.13. The summed E-state index contributed by atoms with van der Waals surface area (Å²) in [7, 11) is 1.57. The van der Waals surface area contributed by atoms with Gasteiger partial charge in [0.2, 0.25) is 0 Å². The molecule has 0 aliphatic rings. The number of carbonyl (C=O) groups is 1. The third-order valence-electron chi connectivity index (χ3n) is 4.13. The van der Waals surface area contributed by atoms with Gasteiger partial charge in [0.15, 0.2) is 18.1 Å². The summed E-state index contributed by atoms with van der Waals surface area (Å²) in [5, 5.41) is 7.10. The van der Waals surface area contributed by atoms with E-state index in [1.54, 1.807) is 30.1 Å². The van der Waals surface area contributed by atoms with Gasteiger partial charge in [0.25, 0.3) is 5.91 Å². The molecule has 6 heteroatoms. The van der Waals surface area contributed by atoms with Crippen LogP contribution in [-0.2, 0) is 17.8 Å². The van der Waals surface area contributed by atoms with Gasteiger partial charge in [-0.25, -0.2) is 4.68 Å². The number of amides is 1. The van der Waals surface area contributed by atoms with Crippen molar-refractivity contribution in [2.45, 2.75) is 13.0 Å². The van der Waals surface area contributed by atoms with Crippen LogP contribution in [0.1, 0.15) is 11.1 Å². The Hall–Kier alpha value is -3.54. The molecule has 1 N–H and O–H groups in total. The van der Waals surface area contributed by atoms with E-state index >= 15 is 0 Å². The van der Waals surface area contributed by atoms with Crippen LogP contribution in [0.2, 0.25) is 0 Å². The van der Waals surface area contributed by atoms with Crippen molar-refractivity contribution in [3.8, 4) is 11.5 Å². The predicted octanol–water partition coefficient (Wildman–Crippen LogP) is 3.69. The quantitative estimate of drug-likeness (QED) is 0.578. The lowest BCUT2D eigenvalue weighted by molar-refractivity contribution is -0.118. The second-order valence-electron chi connectivity index (χ2n) is 6.17. The first-order chi connectivity index (χ1) is 13.7. The van der Waals surface area contributed by atoms with Gasteiger partial charge in [-0.2, -0.15) is 5.10 Å². The molecule has 1 heterocycles. The van der Waals surface area contributed by atoms with Crippen molar-refractivity contribution >= 4 is 11.7 Å². The van der Waals surface area contributed by atoms with Gasteiger partial charge in [0.05, 0.1) is 19.9 Å². The molecule has 0 bridgehead atoms. The molecule has 0 spiro atoms. The van der Waals surface area contributed by atoms with E-state index in [0.717, 1.165) is 17.5 Å². The van der Waals surface area contributed by atoms with Crippen LogP contribution < -0.4 is 14.8 Å². The molecule has 0 fully saturated rings. The number of nitrogens with one attached hydrogen (secondary N) is 1. The Bertz CT molecular complexity index is 935. The van der Waals surface area contributed by atoms with E-state index in [4.69, 9.17) is 9.47 Å². The summed E-state index contributed by atoms with van der Waals surface area (Å²) >= 11 is 0. The Balaban J connectivity index is 1.60. The number of benzene rings is 2. The van der Waals surface area contributed by atoms with Gasteiger partial charge in [-0.15, -0.1) is 6.58 Å². The van der Waals surface area contributed by atoms with Gasteiger partial charge in [-0.3, -0.25) is 4.79 Å². The Morgan fingerprint density at radius 1 is 1.14 bits per heavy atom. The fraction of sp³-hybridized carbons (Fsp3) is 0.182. The maximum atomic E-state index is 12.3. The van der Waals surface area contributed by atoms with Crippen LogP contribution in [-0.4, -0.2) is 29.4 Å². The highest BCUT2D eigenvalue weighted by molar-refractivity contribution is 5.91. The zero-order valence-corrected chi connectivity index (χ0v) is 15.8. The van der Waals surface area contributed by atoms with Crippen molar-refractivity contribution in [1.29, 1.82) is 0 Å². The fourth-order valence-electron chi connectivity index (χ4n) is 2.77. The first kappa shape index (κ1) is 19.2. The molecule has 0 unspecified atom stereocenters. The standard InChI is InChI=1S/C22H23N3O3/c1-3-7-17-10-11-19(20(14-17)27-2)28-16-22(26)24-21-12-13-23-25(21)15-18-8-5-4-6-9-18/h3-6,8-14H,1,7,15-16H2,2H3,(H,24,26). The highest BCUT2D eigenvalue weighted by Crippen LogP contribution is 2.28. The number of carbonyl (C=O) groups excluding carboxylic acids is 1. The molecule has 144 valence electrons. The minimum Gasteiger partial charge on any atom is -0.493 e. The van der Waals surface area contributed by atoms with Gasteiger partial charge in [0.1, 0.15) is 5.82 Å². The van der Waals surface area contributed by atoms with Gasteiger partial charge in [-0.05, 0) is 29.7 Å². The van der Waals surface area contributed by atoms with E-state index in [2.05, 4.69) is 17.0 Å². The maximum Gasteiger partial charge on any atom is 0.263 e. The molecule has 3 rings (SSSR count). The van der Waals surface area contributed by atoms with Crippen molar-refractivity contribution in [2.24, 2.45) is 0 Å². The number of ether oxygens (including phenoxy) is 2. The van der Waals surface area contributed by atoms with Crippen LogP contribution in [0.25, 0.3) is 0 Å². The molecule has 2 aromatic carbocycles. The summed E-state index contributed by atoms with van der Waals surface area (Å²) in [6, 6.07) is 17.3. The lowest BCUT2D eigenvalue weighted by Crippen LogP contribution is -2.22. The highest BCUT2D eigenvalue weighted by Gasteiger charge is 2.11. The second-order valence-corrected chi connectivity index (χ2v) is 6.17. The molecular formula is C22H23N3O3. The number of anilines is 1. The van der Waals surface area contributed by atoms with Crippen molar-refractivity contribution in [2.75, 3.05) is 19.0 Å². The zero-order chi connectivity index (χ0) is 19.8. The SMILES string of the molecule is C=CCc1ccc(OCC(=O)Nc2ccnn2Cc2ccccc2)c(OC)c1. The van der Waals surface area contributed by atoms with Crippen molar-refractivity contribution in [3.63, 3.8) is 0 Å². The minimum absolute atomic E-state index is 0.131. The van der Waals surface area contributed by atoms with E-state index in [9.17, 15) is 4.79 Å². The molecule has 0 radical (unpaired) electrons. The van der Waals surface area contributed by atoms with Gasteiger partial charge < -0.3 is 14.8 Å². The molecule has 0 saturated heterocycles. The molecule has 0 aliphatic carbocycles. The van der Waals surface area contributed by atoms with E-state index < -0.39 is 0 Å². The Morgan fingerprint density at radius 2 is 1.96 bits per heavy atom. The smallest absolute Gasteiger partial charge is 0.263 e. The Labute approximate surface area is 164 Å². The Morgan fingerprint density at radius 3 is 2.71 bits per heavy atom. The Kier molecular flexibility index (Phi) is 6.46. The van der Waals surface area contributed by atoms with Crippen molar-refractivity contribution in [3.05, 3.63) is 84.6 Å². The van der Waals surface area contributed by atoms with E-state index in [1.807, 2.05) is 48.5 Å². The monoisotopic (exact) mass is 377 g/mol. The molecular weight excluding hydrogens is 354 g/mol. The summed E-state index contributed by atoms with van der Waals surface area (Å²) in [6.07, 6.45) is 4.21. The van der Waals surface area contributed by atoms with Gasteiger partial charge in [0, 0.05) is 6.07 Å². The summed E-state index contributed by atoms with van der Waals surface area (Å²) in [5.41, 5.74) is 2.16. The molecule has 0 aliphatic heterocycles. The average Bonchev–Trinajstić information content (AvgIpc) is 3.14. The summed E-state index contributed by atoms with van der Waals surface area (Å²) in [4.78, 5) is 12.3. The van der Waals surface area contributed by atoms with Gasteiger partial charge in [-0.1, -0.05) is 42.5 Å². The molecule has 28 heavy (non-hydrogen) atoms. The van der Waals surface area contributed by atoms with Crippen LogP contribution in [0.5, 0.6) is 11.5 Å². The van der Waals surface area contributed by atoms with E-state index in [0.29, 0.717) is 23.9 Å². The van der Waals surface area contributed by atoms with E-state index in [-0.39, 0.29) is 12.5 Å². The minimum atomic E-state index is -0.271. The predicted molar refractivity (Wildman–Crippen MR) is 109 cm³/mol. The first-order valence-corrected chi connectivity index (χ1v) is 8.96. The number of hydrogen-bond donors (Lipinski definition) is 1. The second kappa shape index (κ2) is 9.41. The van der Waals surface area contributed by atoms with Crippen LogP contribution >= 0.6 is 0 Å². The summed E-state index contributed by atoms with van der Waals surface area (Å²) < 4.78 is 12.7. The number of aromatic nitrogens is 2. The molecule has 1 amide bonds. The topological polar surface area (TPSA) is 65.4 Å². The lowest BCUT2D eigenvalue weighted by atomic mass is 10.1. The summed E-state index contributed by atoms with van der Waals surface area (Å²) in [6.45, 7) is 4.17. The fourth-order valence-corrected chi connectivity index (χ4v) is 2.77. The zero-order valence-electron chi connectivity index (χ0n) is 15.8. The van der Waals surface area contributed by atoms with Gasteiger partial charge >= 0.3 is 0 Å². The average molecular weight is 377 g/mol. The molecule has 0 saturated carbocycles. The van der Waals surface area contributed by atoms with Crippen LogP contribution in [0.3, 0.4) is 0 Å². The summed E-state index contributed by atoms with van der Waals surface area (Å²) in [5.74, 6) is 1.45. The number of hydrogen-bond acceptors (Lipinski definition) is 4. The lowest BCUT2D eigenvalue weighted by Gasteiger charge is -2.13. The van der Waals surface area contributed by atoms with E-state index in [1.165, 1.54) is 0 Å². The molecule has 3 aromatic rings. The molecule has 6 nitrogen and oxygen atoms in total. The third kappa shape index (κ3) is 5.01. The van der Waals surface area contributed by atoms with Crippen LogP contribution in [0.15, 0.2) is 73.4 Å². The number of allylic oxidation sites excluding steroid dienone is 1. The van der Waals surface area contributed by atoms with Crippen molar-refractivity contribution in [1.82, 2.24) is 9.78 Å². The number of methoxy groups -OCH3 is 1.